The summed E-state index contributed by atoms with van der Waals surface area (Å²) in [7, 11) is 0. The van der Waals surface area contributed by atoms with Crippen LogP contribution >= 0.6 is 11.6 Å². The number of nitrogens with one attached hydrogen (secondary N) is 1. The van der Waals surface area contributed by atoms with Gasteiger partial charge in [-0.3, -0.25) is 13.9 Å². The second-order valence-corrected chi connectivity index (χ2v) is 8.04. The molecule has 162 valence electrons. The van der Waals surface area contributed by atoms with E-state index in [9.17, 15) is 26.7 Å². The van der Waals surface area contributed by atoms with E-state index in [0.29, 0.717) is 31.8 Å². The van der Waals surface area contributed by atoms with E-state index < -0.39 is 28.7 Å². The first-order valence-electron chi connectivity index (χ1n) is 8.98. The van der Waals surface area contributed by atoms with Gasteiger partial charge in [-0.1, -0.05) is 11.6 Å². The van der Waals surface area contributed by atoms with Crippen molar-refractivity contribution in [2.75, 3.05) is 24.4 Å². The average Bonchev–Trinajstić information content (AvgIpc) is 2.64. The van der Waals surface area contributed by atoms with Gasteiger partial charge in [0.2, 0.25) is 0 Å². The van der Waals surface area contributed by atoms with Gasteiger partial charge in [-0.25, -0.2) is 13.2 Å². The summed E-state index contributed by atoms with van der Waals surface area (Å²) in [6.07, 6.45) is 0. The van der Waals surface area contributed by atoms with Gasteiger partial charge in [-0.05, 0) is 25.1 Å². The van der Waals surface area contributed by atoms with Crippen molar-refractivity contribution in [2.45, 2.75) is 19.5 Å². The summed E-state index contributed by atoms with van der Waals surface area (Å²) in [6, 6.07) is 5.21. The Morgan fingerprint density at radius 2 is 1.90 bits per heavy atom. The molecule has 1 unspecified atom stereocenters. The van der Waals surface area contributed by atoms with E-state index in [2.05, 4.69) is 4.72 Å². The zero-order valence-electron chi connectivity index (χ0n) is 15.8. The fourth-order valence-electron chi connectivity index (χ4n) is 3.43. The number of rotatable bonds is 5. The maximum atomic E-state index is 13.9. The molecule has 0 radical (unpaired) electrons. The molecule has 0 aromatic heterocycles. The van der Waals surface area contributed by atoms with Crippen molar-refractivity contribution >= 4 is 34.5 Å². The van der Waals surface area contributed by atoms with Crippen molar-refractivity contribution in [1.82, 2.24) is 9.80 Å². The molecule has 1 saturated heterocycles. The lowest BCUT2D eigenvalue weighted by atomic mass is 10.1. The van der Waals surface area contributed by atoms with E-state index in [0.717, 1.165) is 0 Å². The Morgan fingerprint density at radius 1 is 1.23 bits per heavy atom. The van der Waals surface area contributed by atoms with Gasteiger partial charge in [-0.15, -0.1) is 0 Å². The van der Waals surface area contributed by atoms with Crippen molar-refractivity contribution in [3.8, 4) is 0 Å². The van der Waals surface area contributed by atoms with Crippen LogP contribution in [0, 0.1) is 17.5 Å². The predicted octanol–water partition coefficient (Wildman–Crippen LogP) is 3.31. The Bertz CT molecular complexity index is 972. The van der Waals surface area contributed by atoms with E-state index >= 15 is 0 Å². The fourth-order valence-corrected chi connectivity index (χ4v) is 4.01. The number of amides is 1. The van der Waals surface area contributed by atoms with Gasteiger partial charge in [-0.2, -0.15) is 0 Å². The van der Waals surface area contributed by atoms with Crippen molar-refractivity contribution in [3.63, 3.8) is 0 Å². The standard InChI is InChI=1S/C19H19ClF3N3O3S/c1-11-9-25(10-15-17(22)6-12(21)7-18(15)23)4-5-26(11)19(27)14-3-2-13(8-16(14)20)24-30(28)29/h2-3,6-8,11,24H,4-5,9-10H2,1H3,(H,28,29)/p-1/t11-/m0/s1. The van der Waals surface area contributed by atoms with Crippen LogP contribution in [0.1, 0.15) is 22.8 Å². The lowest BCUT2D eigenvalue weighted by Crippen LogP contribution is -2.53. The molecule has 1 amide bonds. The van der Waals surface area contributed by atoms with Crippen LogP contribution in [0.2, 0.25) is 5.02 Å². The molecule has 30 heavy (non-hydrogen) atoms. The number of carbonyl (C=O) groups is 1. The lowest BCUT2D eigenvalue weighted by Gasteiger charge is -2.40. The van der Waals surface area contributed by atoms with Crippen molar-refractivity contribution in [1.29, 1.82) is 0 Å². The molecule has 0 aliphatic carbocycles. The number of halogens is 4. The molecule has 1 N–H and O–H groups in total. The minimum atomic E-state index is -2.51. The molecular formula is C19H18ClF3N3O3S-. The highest BCUT2D eigenvalue weighted by molar-refractivity contribution is 7.80. The van der Waals surface area contributed by atoms with Gasteiger partial charge in [0.1, 0.15) is 17.5 Å². The van der Waals surface area contributed by atoms with Crippen LogP contribution in [-0.2, 0) is 17.8 Å². The van der Waals surface area contributed by atoms with Crippen LogP contribution < -0.4 is 4.72 Å². The van der Waals surface area contributed by atoms with Gasteiger partial charge in [0.05, 0.1) is 10.6 Å². The Morgan fingerprint density at radius 3 is 2.47 bits per heavy atom. The largest absolute Gasteiger partial charge is 0.755 e. The molecule has 2 atom stereocenters. The fraction of sp³-hybridized carbons (Fsp3) is 0.316. The molecule has 11 heteroatoms. The Balaban J connectivity index is 1.68. The van der Waals surface area contributed by atoms with Crippen LogP contribution in [0.4, 0.5) is 18.9 Å². The molecule has 6 nitrogen and oxygen atoms in total. The maximum absolute atomic E-state index is 13.9. The number of hydrogen-bond donors (Lipinski definition) is 1. The van der Waals surface area contributed by atoms with Crippen LogP contribution in [0.3, 0.4) is 0 Å². The Hall–Kier alpha value is -2.14. The first-order chi connectivity index (χ1) is 14.2. The summed E-state index contributed by atoms with van der Waals surface area (Å²) in [6.45, 7) is 2.77. The van der Waals surface area contributed by atoms with Gasteiger partial charge >= 0.3 is 0 Å². The highest BCUT2D eigenvalue weighted by atomic mass is 35.5. The number of hydrogen-bond acceptors (Lipinski definition) is 4. The molecule has 3 rings (SSSR count). The highest BCUT2D eigenvalue weighted by Crippen LogP contribution is 2.25. The SMILES string of the molecule is C[C@H]1CN(Cc2c(F)cc(F)cc2F)CCN1C(=O)c1ccc(NS(=O)[O-])cc1Cl. The summed E-state index contributed by atoms with van der Waals surface area (Å²) in [5.41, 5.74) is 0.228. The van der Waals surface area contributed by atoms with Gasteiger partial charge in [0.25, 0.3) is 5.91 Å². The predicted molar refractivity (Wildman–Crippen MR) is 106 cm³/mol. The van der Waals surface area contributed by atoms with Crippen molar-refractivity contribution < 1.29 is 26.7 Å². The zero-order valence-corrected chi connectivity index (χ0v) is 17.4. The summed E-state index contributed by atoms with van der Waals surface area (Å²) >= 11 is 3.63. The second kappa shape index (κ2) is 9.34. The third-order valence-corrected chi connectivity index (χ3v) is 5.58. The molecule has 2 aromatic carbocycles. The summed E-state index contributed by atoms with van der Waals surface area (Å²) < 4.78 is 64.5. The van der Waals surface area contributed by atoms with Gasteiger partial charge in [0.15, 0.2) is 0 Å². The molecule has 2 aromatic rings. The normalized spacial score (nSPS) is 18.3. The minimum Gasteiger partial charge on any atom is -0.755 e. The van der Waals surface area contributed by atoms with E-state index in [1.807, 2.05) is 0 Å². The second-order valence-electron chi connectivity index (χ2n) is 6.96. The molecule has 1 aliphatic rings. The number of anilines is 1. The van der Waals surface area contributed by atoms with Crippen LogP contribution in [0.15, 0.2) is 30.3 Å². The van der Waals surface area contributed by atoms with E-state index in [1.54, 1.807) is 16.7 Å². The first kappa shape index (κ1) is 22.5. The number of nitrogens with zero attached hydrogens (tertiary/aromatic N) is 2. The molecule has 1 aliphatic heterocycles. The molecule has 1 heterocycles. The summed E-state index contributed by atoms with van der Waals surface area (Å²) in [5.74, 6) is -3.20. The number of benzene rings is 2. The van der Waals surface area contributed by atoms with E-state index in [4.69, 9.17) is 11.6 Å². The molecule has 0 bridgehead atoms. The smallest absolute Gasteiger partial charge is 0.255 e. The van der Waals surface area contributed by atoms with E-state index in [-0.39, 0.29) is 40.3 Å². The van der Waals surface area contributed by atoms with Crippen LogP contribution in [0.5, 0.6) is 0 Å². The average molecular weight is 461 g/mol. The summed E-state index contributed by atoms with van der Waals surface area (Å²) in [4.78, 5) is 16.3. The molecule has 0 saturated carbocycles. The highest BCUT2D eigenvalue weighted by Gasteiger charge is 2.30. The van der Waals surface area contributed by atoms with Crippen LogP contribution in [0.25, 0.3) is 0 Å². The third-order valence-electron chi connectivity index (χ3n) is 4.86. The maximum Gasteiger partial charge on any atom is 0.255 e. The third kappa shape index (κ3) is 5.12. The number of piperazine rings is 1. The molecular weight excluding hydrogens is 443 g/mol. The lowest BCUT2D eigenvalue weighted by molar-refractivity contribution is 0.0471. The monoisotopic (exact) mass is 460 g/mol. The zero-order chi connectivity index (χ0) is 22.0. The quantitative estimate of drug-likeness (QED) is 0.695. The van der Waals surface area contributed by atoms with E-state index in [1.165, 1.54) is 18.2 Å². The summed E-state index contributed by atoms with van der Waals surface area (Å²) in [5, 5.41) is 0.0977. The van der Waals surface area contributed by atoms with Gasteiger partial charge in [0, 0.05) is 66.9 Å². The molecule has 0 spiro atoms. The Labute approximate surface area is 179 Å². The van der Waals surface area contributed by atoms with Crippen molar-refractivity contribution in [3.05, 3.63) is 63.9 Å². The van der Waals surface area contributed by atoms with Crippen molar-refractivity contribution in [2.24, 2.45) is 0 Å². The molecule has 1 fully saturated rings. The van der Waals surface area contributed by atoms with Gasteiger partial charge < -0.3 is 14.2 Å². The van der Waals surface area contributed by atoms with Crippen LogP contribution in [-0.4, -0.2) is 50.1 Å². The topological polar surface area (TPSA) is 75.7 Å². The first-order valence-corrected chi connectivity index (χ1v) is 10.4. The minimum absolute atomic E-state index is 0.0439. The Kier molecular flexibility index (Phi) is 7.02. The number of carbonyl (C=O) groups excluding carboxylic acids is 1.